The Hall–Kier alpha value is -0.850. The van der Waals surface area contributed by atoms with Crippen molar-refractivity contribution in [3.63, 3.8) is 0 Å². The largest absolute Gasteiger partial charge is 1.00 e. The maximum Gasteiger partial charge on any atom is 1.00 e. The van der Waals surface area contributed by atoms with Crippen LogP contribution in [0.15, 0.2) is 66.7 Å². The zero-order valence-electron chi connectivity index (χ0n) is 17.7. The van der Waals surface area contributed by atoms with Crippen LogP contribution in [0, 0.1) is 6.92 Å². The Morgan fingerprint density at radius 3 is 1.70 bits per heavy atom. The van der Waals surface area contributed by atoms with Crippen molar-refractivity contribution < 1.29 is 41.3 Å². The van der Waals surface area contributed by atoms with Gasteiger partial charge in [-0.1, -0.05) is 66.2 Å². The van der Waals surface area contributed by atoms with E-state index in [4.69, 9.17) is 5.84 Å². The third-order valence-electron chi connectivity index (χ3n) is 3.12. The molecule has 2 aromatic carbocycles. The minimum absolute atomic E-state index is 0. The Bertz CT molecular complexity index is 640. The number of nitrogens with zero attached hydrogens (tertiary/aromatic N) is 1. The van der Waals surface area contributed by atoms with Crippen molar-refractivity contribution in [3.05, 3.63) is 77.9 Å². The monoisotopic (exact) mass is 424 g/mol. The maximum atomic E-state index is 11.7. The second-order valence-electron chi connectivity index (χ2n) is 6.28. The molecule has 2 aromatic rings. The van der Waals surface area contributed by atoms with Gasteiger partial charge < -0.3 is 6.90 Å². The summed E-state index contributed by atoms with van der Waals surface area (Å²) in [5.41, 5.74) is 1.94. The molecule has 0 unspecified atom stereocenters. The fourth-order valence-corrected chi connectivity index (χ4v) is 1.68. The number of amides is 1. The second-order valence-corrected chi connectivity index (χ2v) is 6.28. The first-order valence-electron chi connectivity index (χ1n) is 7.64. The number of hydrazine groups is 1. The molecular weight excluding hydrogens is 394 g/mol. The standard InChI is InChI=1S/C13H18N2O.C7H8.2ClH.Na.H2O.H/c1-13(2,3)15(14)12(16)10-9-11-7-5-4-6-8-11;1-7-5-3-2-4-6-7;;;;;/h4-10H,14H2,1-3H3;2-6H,1H3;2*1H;;1H2;/q;;;;+1;;-1. The van der Waals surface area contributed by atoms with Gasteiger partial charge in [0.1, 0.15) is 0 Å². The molecule has 1 amide bonds. The Morgan fingerprint density at radius 1 is 0.963 bits per heavy atom. The van der Waals surface area contributed by atoms with Gasteiger partial charge in [-0.3, -0.25) is 9.80 Å². The van der Waals surface area contributed by atoms with Crippen molar-refractivity contribution in [1.82, 2.24) is 5.01 Å². The summed E-state index contributed by atoms with van der Waals surface area (Å²) in [5, 5.41) is 1.23. The van der Waals surface area contributed by atoms with E-state index in [0.717, 1.165) is 5.56 Å². The number of rotatable bonds is 2. The molecule has 0 aliphatic heterocycles. The summed E-state index contributed by atoms with van der Waals surface area (Å²) < 4.78 is 0. The third kappa shape index (κ3) is 14.8. The number of carbonyl (C=O) groups excluding carboxylic acids is 1. The first-order chi connectivity index (χ1) is 10.8. The van der Waals surface area contributed by atoms with Gasteiger partial charge in [0.05, 0.1) is 5.54 Å². The minimum atomic E-state index is -0.363. The molecule has 0 bridgehead atoms. The average molecular weight is 425 g/mol. The fourth-order valence-electron chi connectivity index (χ4n) is 1.68. The predicted molar refractivity (Wildman–Crippen MR) is 117 cm³/mol. The molecule has 2 rings (SSSR count). The molecule has 0 aromatic heterocycles. The van der Waals surface area contributed by atoms with Crippen molar-refractivity contribution >= 4 is 36.8 Å². The predicted octanol–water partition coefficient (Wildman–Crippen LogP) is 1.33. The van der Waals surface area contributed by atoms with Crippen molar-refractivity contribution in [2.75, 3.05) is 0 Å². The summed E-state index contributed by atoms with van der Waals surface area (Å²) >= 11 is 0. The second kappa shape index (κ2) is 17.3. The molecular formula is C20H31Cl2N2NaO2. The van der Waals surface area contributed by atoms with Crippen LogP contribution in [0.2, 0.25) is 0 Å². The van der Waals surface area contributed by atoms with Crippen LogP contribution in [0.4, 0.5) is 0 Å². The van der Waals surface area contributed by atoms with E-state index in [0.29, 0.717) is 0 Å². The molecule has 0 atom stereocenters. The van der Waals surface area contributed by atoms with Gasteiger partial charge in [0.25, 0.3) is 5.91 Å². The van der Waals surface area contributed by atoms with Crippen LogP contribution < -0.4 is 35.4 Å². The summed E-state index contributed by atoms with van der Waals surface area (Å²) in [5.74, 6) is 5.49. The zero-order valence-corrected chi connectivity index (χ0v) is 20.3. The number of hydrogen-bond donors (Lipinski definition) is 1. The van der Waals surface area contributed by atoms with Gasteiger partial charge in [0.15, 0.2) is 0 Å². The smallest absolute Gasteiger partial charge is 1.00 e. The molecule has 27 heavy (non-hydrogen) atoms. The Labute approximate surface area is 199 Å². The molecule has 0 fully saturated rings. The van der Waals surface area contributed by atoms with Gasteiger partial charge >= 0.3 is 29.6 Å². The van der Waals surface area contributed by atoms with E-state index in [-0.39, 0.29) is 72.7 Å². The molecule has 7 heteroatoms. The van der Waals surface area contributed by atoms with Crippen LogP contribution in [0.1, 0.15) is 33.3 Å². The number of nitrogens with two attached hydrogens (primary N) is 1. The van der Waals surface area contributed by atoms with Gasteiger partial charge in [-0.25, -0.2) is 5.84 Å². The number of halogens is 2. The van der Waals surface area contributed by atoms with Crippen LogP contribution in [0.5, 0.6) is 0 Å². The fraction of sp³-hybridized carbons (Fsp3) is 0.250. The van der Waals surface area contributed by atoms with E-state index in [1.54, 1.807) is 6.08 Å². The number of benzene rings is 2. The van der Waals surface area contributed by atoms with E-state index in [2.05, 4.69) is 19.1 Å². The van der Waals surface area contributed by atoms with E-state index < -0.39 is 0 Å². The van der Waals surface area contributed by atoms with Gasteiger partial charge in [0.2, 0.25) is 0 Å². The molecule has 148 valence electrons. The molecule has 4 nitrogen and oxygen atoms in total. The van der Waals surface area contributed by atoms with Gasteiger partial charge in [-0.05, 0) is 39.3 Å². The Balaban J connectivity index is -0.000000128. The molecule has 0 spiro atoms. The first-order valence-corrected chi connectivity index (χ1v) is 7.64. The van der Waals surface area contributed by atoms with E-state index >= 15 is 0 Å². The molecule has 4 N–H and O–H groups in total. The molecule has 0 saturated heterocycles. The number of aryl methyl sites for hydroxylation is 1. The van der Waals surface area contributed by atoms with Crippen molar-refractivity contribution in [1.29, 1.82) is 0 Å². The van der Waals surface area contributed by atoms with Crippen molar-refractivity contribution in [3.8, 4) is 0 Å². The molecule has 0 aliphatic rings. The quantitative estimate of drug-likeness (QED) is 0.259. The van der Waals surface area contributed by atoms with Crippen LogP contribution in [0.25, 0.3) is 6.08 Å². The van der Waals surface area contributed by atoms with Crippen molar-refractivity contribution in [2.24, 2.45) is 5.84 Å². The van der Waals surface area contributed by atoms with Crippen LogP contribution >= 0.6 is 24.8 Å². The van der Waals surface area contributed by atoms with Crippen molar-refractivity contribution in [2.45, 2.75) is 33.2 Å². The maximum absolute atomic E-state index is 11.7. The Morgan fingerprint density at radius 2 is 1.37 bits per heavy atom. The normalized spacial score (nSPS) is 9.22. The first kappa shape index (κ1) is 33.7. The molecule has 0 radical (unpaired) electrons. The minimum Gasteiger partial charge on any atom is -1.00 e. The molecule has 0 aliphatic carbocycles. The summed E-state index contributed by atoms with van der Waals surface area (Å²) in [6.07, 6.45) is 3.24. The summed E-state index contributed by atoms with van der Waals surface area (Å²) in [7, 11) is 0. The van der Waals surface area contributed by atoms with Gasteiger partial charge in [-0.15, -0.1) is 24.8 Å². The molecule has 0 heterocycles. The van der Waals surface area contributed by atoms with Gasteiger partial charge in [-0.2, -0.15) is 0 Å². The topological polar surface area (TPSA) is 77.8 Å². The van der Waals surface area contributed by atoms with Crippen LogP contribution in [-0.4, -0.2) is 21.9 Å². The summed E-state index contributed by atoms with van der Waals surface area (Å²) in [6, 6.07) is 19.9. The SMILES string of the molecule is CC(C)(C)N(N)C(=O)C=Cc1ccccc1.Cc1ccccc1.Cl.Cl.O.[H-].[Na+]. The van der Waals surface area contributed by atoms with Gasteiger partial charge in [0, 0.05) is 6.08 Å². The Kier molecular flexibility index (Phi) is 21.6. The molecule has 0 saturated carbocycles. The van der Waals surface area contributed by atoms with E-state index in [9.17, 15) is 4.79 Å². The van der Waals surface area contributed by atoms with E-state index in [1.807, 2.05) is 69.3 Å². The van der Waals surface area contributed by atoms with Crippen LogP contribution in [-0.2, 0) is 4.79 Å². The van der Waals surface area contributed by atoms with Crippen LogP contribution in [0.3, 0.4) is 0 Å². The number of hydrogen-bond acceptors (Lipinski definition) is 2. The number of carbonyl (C=O) groups is 1. The van der Waals surface area contributed by atoms with E-state index in [1.165, 1.54) is 16.6 Å². The third-order valence-corrected chi connectivity index (χ3v) is 3.12. The summed E-state index contributed by atoms with van der Waals surface area (Å²) in [4.78, 5) is 11.7. The average Bonchev–Trinajstić information content (AvgIpc) is 2.53. The summed E-state index contributed by atoms with van der Waals surface area (Å²) in [6.45, 7) is 7.75. The zero-order chi connectivity index (χ0) is 17.3.